The van der Waals surface area contributed by atoms with E-state index in [1.54, 1.807) is 0 Å². The zero-order valence-electron chi connectivity index (χ0n) is 12.0. The first-order chi connectivity index (χ1) is 9.10. The number of carbonyl (C=O) groups is 1. The minimum Gasteiger partial charge on any atom is -0.370 e. The quantitative estimate of drug-likeness (QED) is 0.828. The summed E-state index contributed by atoms with van der Waals surface area (Å²) in [5.41, 5.74) is 1.67. The highest BCUT2D eigenvalue weighted by Crippen LogP contribution is 2.21. The molecule has 2 N–H and O–H groups in total. The fourth-order valence-electron chi connectivity index (χ4n) is 1.82. The summed E-state index contributed by atoms with van der Waals surface area (Å²) in [6.07, 6.45) is 3.25. The summed E-state index contributed by atoms with van der Waals surface area (Å²) in [5.74, 6) is 1.14. The molecular weight excluding hydrogens is 238 g/mol. The predicted molar refractivity (Wildman–Crippen MR) is 77.6 cm³/mol. The van der Waals surface area contributed by atoms with Crippen LogP contribution in [0.25, 0.3) is 0 Å². The molecule has 0 atom stereocenters. The van der Waals surface area contributed by atoms with Crippen molar-refractivity contribution in [2.45, 2.75) is 52.0 Å². The summed E-state index contributed by atoms with van der Waals surface area (Å²) in [5, 5.41) is 6.29. The number of hydrogen-bond acceptors (Lipinski definition) is 3. The van der Waals surface area contributed by atoms with E-state index in [-0.39, 0.29) is 5.91 Å². The van der Waals surface area contributed by atoms with Crippen molar-refractivity contribution in [2.24, 2.45) is 0 Å². The lowest BCUT2D eigenvalue weighted by Gasteiger charge is -2.12. The van der Waals surface area contributed by atoms with Crippen LogP contribution in [0.15, 0.2) is 12.1 Å². The fourth-order valence-corrected chi connectivity index (χ4v) is 1.82. The maximum Gasteiger partial charge on any atom is 0.251 e. The lowest BCUT2D eigenvalue weighted by atomic mass is 10.1. The summed E-state index contributed by atoms with van der Waals surface area (Å²) < 4.78 is 0. The van der Waals surface area contributed by atoms with Crippen LogP contribution in [0, 0.1) is 0 Å². The maximum absolute atomic E-state index is 12.1. The molecule has 4 nitrogen and oxygen atoms in total. The third-order valence-electron chi connectivity index (χ3n) is 3.17. The molecule has 4 heteroatoms. The number of carbonyl (C=O) groups excluding carboxylic acids is 1. The molecule has 104 valence electrons. The second-order valence-electron chi connectivity index (χ2n) is 5.50. The number of nitrogens with one attached hydrogen (secondary N) is 2. The minimum absolute atomic E-state index is 0.0198. The molecule has 19 heavy (non-hydrogen) atoms. The molecule has 1 saturated carbocycles. The van der Waals surface area contributed by atoms with Crippen LogP contribution in [0.2, 0.25) is 0 Å². The Morgan fingerprint density at radius 2 is 2.16 bits per heavy atom. The van der Waals surface area contributed by atoms with Gasteiger partial charge in [0, 0.05) is 23.8 Å². The van der Waals surface area contributed by atoms with Crippen LogP contribution in [0.5, 0.6) is 0 Å². The number of aromatic nitrogens is 1. The Balaban J connectivity index is 2.19. The number of pyridine rings is 1. The van der Waals surface area contributed by atoms with Crippen molar-refractivity contribution in [3.63, 3.8) is 0 Å². The van der Waals surface area contributed by atoms with Crippen molar-refractivity contribution in [3.05, 3.63) is 23.4 Å². The summed E-state index contributed by atoms with van der Waals surface area (Å²) in [4.78, 5) is 16.7. The standard InChI is InChI=1S/C15H23N3O/c1-4-7-16-14-9-11(8-13(18-14)10(2)3)15(19)17-12-5-6-12/h8-10,12H,4-7H2,1-3H3,(H,16,18)(H,17,19). The molecular formula is C15H23N3O. The van der Waals surface area contributed by atoms with Crippen LogP contribution in [-0.2, 0) is 0 Å². The van der Waals surface area contributed by atoms with Gasteiger partial charge in [0.15, 0.2) is 0 Å². The average Bonchev–Trinajstić information content (AvgIpc) is 3.19. The normalized spacial score (nSPS) is 14.5. The third-order valence-corrected chi connectivity index (χ3v) is 3.17. The molecule has 0 aromatic carbocycles. The molecule has 1 aromatic heterocycles. The van der Waals surface area contributed by atoms with Gasteiger partial charge in [0.2, 0.25) is 0 Å². The van der Waals surface area contributed by atoms with Crippen LogP contribution in [0.3, 0.4) is 0 Å². The summed E-state index contributed by atoms with van der Waals surface area (Å²) in [7, 11) is 0. The first-order valence-electron chi connectivity index (χ1n) is 7.17. The van der Waals surface area contributed by atoms with Gasteiger partial charge >= 0.3 is 0 Å². The average molecular weight is 261 g/mol. The van der Waals surface area contributed by atoms with Crippen molar-refractivity contribution in [1.82, 2.24) is 10.3 Å². The van der Waals surface area contributed by atoms with E-state index in [2.05, 4.69) is 36.4 Å². The number of rotatable bonds is 6. The van der Waals surface area contributed by atoms with Crippen molar-refractivity contribution >= 4 is 11.7 Å². The van der Waals surface area contributed by atoms with Crippen LogP contribution < -0.4 is 10.6 Å². The van der Waals surface area contributed by atoms with Gasteiger partial charge in [0.05, 0.1) is 0 Å². The first kappa shape index (κ1) is 13.8. The highest BCUT2D eigenvalue weighted by Gasteiger charge is 2.24. The largest absolute Gasteiger partial charge is 0.370 e. The molecule has 0 unspecified atom stereocenters. The summed E-state index contributed by atoms with van der Waals surface area (Å²) >= 11 is 0. The van der Waals surface area contributed by atoms with Gasteiger partial charge in [-0.3, -0.25) is 4.79 Å². The zero-order chi connectivity index (χ0) is 13.8. The summed E-state index contributed by atoms with van der Waals surface area (Å²) in [6.45, 7) is 7.17. The molecule has 1 heterocycles. The smallest absolute Gasteiger partial charge is 0.251 e. The lowest BCUT2D eigenvalue weighted by Crippen LogP contribution is -2.25. The van der Waals surface area contributed by atoms with Gasteiger partial charge in [-0.15, -0.1) is 0 Å². The van der Waals surface area contributed by atoms with E-state index >= 15 is 0 Å². The number of amides is 1. The lowest BCUT2D eigenvalue weighted by molar-refractivity contribution is 0.0951. The van der Waals surface area contributed by atoms with Crippen molar-refractivity contribution in [1.29, 1.82) is 0 Å². The monoisotopic (exact) mass is 261 g/mol. The molecule has 1 aliphatic carbocycles. The van der Waals surface area contributed by atoms with E-state index in [0.717, 1.165) is 37.3 Å². The predicted octanol–water partition coefficient (Wildman–Crippen LogP) is 2.92. The SMILES string of the molecule is CCCNc1cc(C(=O)NC2CC2)cc(C(C)C)n1. The van der Waals surface area contributed by atoms with E-state index in [1.165, 1.54) is 0 Å². The Morgan fingerprint density at radius 1 is 1.42 bits per heavy atom. The van der Waals surface area contributed by atoms with Crippen LogP contribution in [-0.4, -0.2) is 23.5 Å². The molecule has 0 spiro atoms. The molecule has 0 saturated heterocycles. The van der Waals surface area contributed by atoms with E-state index in [0.29, 0.717) is 17.5 Å². The van der Waals surface area contributed by atoms with Gasteiger partial charge in [0.1, 0.15) is 5.82 Å². The van der Waals surface area contributed by atoms with E-state index in [9.17, 15) is 4.79 Å². The second kappa shape index (κ2) is 6.04. The second-order valence-corrected chi connectivity index (χ2v) is 5.50. The van der Waals surface area contributed by atoms with Crippen LogP contribution in [0.4, 0.5) is 5.82 Å². The van der Waals surface area contributed by atoms with Crippen molar-refractivity contribution in [3.8, 4) is 0 Å². The molecule has 1 amide bonds. The van der Waals surface area contributed by atoms with E-state index in [1.807, 2.05) is 12.1 Å². The Kier molecular flexibility index (Phi) is 4.40. The van der Waals surface area contributed by atoms with Crippen molar-refractivity contribution < 1.29 is 4.79 Å². The highest BCUT2D eigenvalue weighted by atomic mass is 16.1. The Bertz CT molecular complexity index is 453. The molecule has 0 bridgehead atoms. The third kappa shape index (κ3) is 3.94. The highest BCUT2D eigenvalue weighted by molar-refractivity contribution is 5.95. The Hall–Kier alpha value is -1.58. The van der Waals surface area contributed by atoms with E-state index < -0.39 is 0 Å². The molecule has 1 aliphatic rings. The van der Waals surface area contributed by atoms with Crippen LogP contribution in [0.1, 0.15) is 62.0 Å². The molecule has 1 fully saturated rings. The minimum atomic E-state index is 0.0198. The van der Waals surface area contributed by atoms with Gasteiger partial charge < -0.3 is 10.6 Å². The summed E-state index contributed by atoms with van der Waals surface area (Å²) in [6, 6.07) is 4.13. The Morgan fingerprint density at radius 3 is 2.74 bits per heavy atom. The first-order valence-corrected chi connectivity index (χ1v) is 7.17. The van der Waals surface area contributed by atoms with Gasteiger partial charge in [-0.25, -0.2) is 4.98 Å². The zero-order valence-corrected chi connectivity index (χ0v) is 12.0. The maximum atomic E-state index is 12.1. The molecule has 0 radical (unpaired) electrons. The topological polar surface area (TPSA) is 54.0 Å². The number of hydrogen-bond donors (Lipinski definition) is 2. The molecule has 2 rings (SSSR count). The van der Waals surface area contributed by atoms with Crippen molar-refractivity contribution in [2.75, 3.05) is 11.9 Å². The fraction of sp³-hybridized carbons (Fsp3) is 0.600. The molecule has 1 aromatic rings. The molecule has 0 aliphatic heterocycles. The van der Waals surface area contributed by atoms with Gasteiger partial charge in [-0.2, -0.15) is 0 Å². The number of anilines is 1. The Labute approximate surface area is 115 Å². The van der Waals surface area contributed by atoms with Gasteiger partial charge in [-0.1, -0.05) is 20.8 Å². The van der Waals surface area contributed by atoms with Gasteiger partial charge in [-0.05, 0) is 37.3 Å². The van der Waals surface area contributed by atoms with E-state index in [4.69, 9.17) is 0 Å². The van der Waals surface area contributed by atoms with Gasteiger partial charge in [0.25, 0.3) is 5.91 Å². The number of nitrogens with zero attached hydrogens (tertiary/aromatic N) is 1. The van der Waals surface area contributed by atoms with Crippen LogP contribution >= 0.6 is 0 Å².